The Morgan fingerprint density at radius 1 is 0.958 bits per heavy atom. The maximum atomic E-state index is 12.2. The Morgan fingerprint density at radius 2 is 1.67 bits per heavy atom. The van der Waals surface area contributed by atoms with E-state index >= 15 is 0 Å². The fourth-order valence-electron chi connectivity index (χ4n) is 2.50. The smallest absolute Gasteiger partial charge is 0.228 e. The van der Waals surface area contributed by atoms with Crippen molar-refractivity contribution in [1.82, 2.24) is 5.32 Å². The molecule has 3 rings (SSSR count). The molecule has 24 heavy (non-hydrogen) atoms. The van der Waals surface area contributed by atoms with Crippen molar-refractivity contribution in [2.24, 2.45) is 11.8 Å². The number of amides is 2. The van der Waals surface area contributed by atoms with Gasteiger partial charge < -0.3 is 10.6 Å². The average Bonchev–Trinajstić information content (AvgIpc) is 3.35. The number of carbonyl (C=O) groups is 2. The number of nitrogens with one attached hydrogen (secondary N) is 2. The number of rotatable bonds is 5. The van der Waals surface area contributed by atoms with E-state index in [0.29, 0.717) is 28.7 Å². The summed E-state index contributed by atoms with van der Waals surface area (Å²) < 4.78 is 0. The van der Waals surface area contributed by atoms with Gasteiger partial charge in [-0.25, -0.2) is 0 Å². The van der Waals surface area contributed by atoms with E-state index < -0.39 is 0 Å². The van der Waals surface area contributed by atoms with Crippen LogP contribution in [-0.2, 0) is 16.1 Å². The van der Waals surface area contributed by atoms with Crippen molar-refractivity contribution in [2.45, 2.75) is 13.0 Å². The number of halogens is 2. The summed E-state index contributed by atoms with van der Waals surface area (Å²) in [5, 5.41) is 6.86. The van der Waals surface area contributed by atoms with Gasteiger partial charge in [0.25, 0.3) is 0 Å². The third-order valence-electron chi connectivity index (χ3n) is 3.94. The minimum absolute atomic E-state index is 0.101. The molecular formula is C18H16Cl2N2O2. The summed E-state index contributed by atoms with van der Waals surface area (Å²) in [5.41, 5.74) is 1.60. The molecule has 0 radical (unpaired) electrons. The van der Waals surface area contributed by atoms with E-state index in [1.165, 1.54) is 0 Å². The summed E-state index contributed by atoms with van der Waals surface area (Å²) >= 11 is 11.7. The van der Waals surface area contributed by atoms with Gasteiger partial charge in [-0.15, -0.1) is 0 Å². The molecule has 2 aromatic rings. The van der Waals surface area contributed by atoms with Gasteiger partial charge in [0.1, 0.15) is 0 Å². The van der Waals surface area contributed by atoms with Gasteiger partial charge in [0, 0.05) is 22.3 Å². The Morgan fingerprint density at radius 3 is 2.38 bits per heavy atom. The molecule has 0 spiro atoms. The molecule has 1 fully saturated rings. The molecule has 0 heterocycles. The predicted molar refractivity (Wildman–Crippen MR) is 95.0 cm³/mol. The first kappa shape index (κ1) is 16.8. The van der Waals surface area contributed by atoms with Crippen molar-refractivity contribution < 1.29 is 9.59 Å². The Bertz CT molecular complexity index is 762. The van der Waals surface area contributed by atoms with Crippen molar-refractivity contribution in [3.05, 3.63) is 64.1 Å². The van der Waals surface area contributed by atoms with Crippen molar-refractivity contribution in [2.75, 3.05) is 5.32 Å². The van der Waals surface area contributed by atoms with Gasteiger partial charge in [-0.2, -0.15) is 0 Å². The highest BCUT2D eigenvalue weighted by molar-refractivity contribution is 6.31. The number of hydrogen-bond acceptors (Lipinski definition) is 2. The number of hydrogen-bond donors (Lipinski definition) is 2. The van der Waals surface area contributed by atoms with Crippen LogP contribution in [-0.4, -0.2) is 11.8 Å². The normalized spacial score (nSPS) is 18.8. The van der Waals surface area contributed by atoms with Crippen molar-refractivity contribution >= 4 is 40.7 Å². The maximum Gasteiger partial charge on any atom is 0.228 e. The lowest BCUT2D eigenvalue weighted by molar-refractivity contribution is -0.125. The van der Waals surface area contributed by atoms with Crippen LogP contribution in [0.1, 0.15) is 12.0 Å². The fourth-order valence-corrected chi connectivity index (χ4v) is 2.81. The van der Waals surface area contributed by atoms with Gasteiger partial charge in [-0.05, 0) is 42.3 Å². The molecule has 0 aliphatic heterocycles. The molecular weight excluding hydrogens is 347 g/mol. The van der Waals surface area contributed by atoms with Gasteiger partial charge in [0.2, 0.25) is 11.8 Å². The van der Waals surface area contributed by atoms with E-state index in [2.05, 4.69) is 10.6 Å². The number of carbonyl (C=O) groups excluding carboxylic acids is 2. The lowest BCUT2D eigenvalue weighted by Crippen LogP contribution is -2.27. The van der Waals surface area contributed by atoms with Crippen LogP contribution in [0.3, 0.4) is 0 Å². The molecule has 0 bridgehead atoms. The summed E-state index contributed by atoms with van der Waals surface area (Å²) in [6.07, 6.45) is 0.568. The predicted octanol–water partition coefficient (Wildman–Crippen LogP) is 3.88. The van der Waals surface area contributed by atoms with Crippen LogP contribution in [0, 0.1) is 11.8 Å². The minimum Gasteiger partial charge on any atom is -0.352 e. The molecule has 124 valence electrons. The molecule has 2 N–H and O–H groups in total. The van der Waals surface area contributed by atoms with Gasteiger partial charge in [0.15, 0.2) is 0 Å². The molecule has 6 heteroatoms. The molecule has 1 saturated carbocycles. The molecule has 2 amide bonds. The first-order valence-corrected chi connectivity index (χ1v) is 8.37. The monoisotopic (exact) mass is 362 g/mol. The van der Waals surface area contributed by atoms with Crippen LogP contribution >= 0.6 is 23.2 Å². The van der Waals surface area contributed by atoms with Crippen LogP contribution in [0.15, 0.2) is 48.5 Å². The number of benzene rings is 2. The highest BCUT2D eigenvalue weighted by Gasteiger charge is 2.47. The molecule has 0 saturated heterocycles. The van der Waals surface area contributed by atoms with Gasteiger partial charge in [-0.1, -0.05) is 41.4 Å². The maximum absolute atomic E-state index is 12.2. The summed E-state index contributed by atoms with van der Waals surface area (Å²) in [7, 11) is 0. The van der Waals surface area contributed by atoms with E-state index in [9.17, 15) is 9.59 Å². The molecule has 4 nitrogen and oxygen atoms in total. The lowest BCUT2D eigenvalue weighted by Gasteiger charge is -2.07. The van der Waals surface area contributed by atoms with Gasteiger partial charge in [-0.3, -0.25) is 9.59 Å². The molecule has 2 unspecified atom stereocenters. The second-order valence-electron chi connectivity index (χ2n) is 5.79. The molecule has 1 aliphatic rings. The van der Waals surface area contributed by atoms with Crippen LogP contribution in [0.5, 0.6) is 0 Å². The van der Waals surface area contributed by atoms with Crippen molar-refractivity contribution in [3.8, 4) is 0 Å². The van der Waals surface area contributed by atoms with E-state index in [-0.39, 0.29) is 23.7 Å². The Balaban J connectivity index is 1.48. The SMILES string of the molecule is O=C(NCc1ccc(Cl)cc1)C1CC1C(=O)Nc1cccc(Cl)c1. The largest absolute Gasteiger partial charge is 0.352 e. The third kappa shape index (κ3) is 4.28. The van der Waals surface area contributed by atoms with Crippen molar-refractivity contribution in [3.63, 3.8) is 0 Å². The van der Waals surface area contributed by atoms with Crippen LogP contribution in [0.25, 0.3) is 0 Å². The van der Waals surface area contributed by atoms with E-state index in [1.807, 2.05) is 12.1 Å². The van der Waals surface area contributed by atoms with Crippen molar-refractivity contribution in [1.29, 1.82) is 0 Å². The Labute approximate surface area is 150 Å². The standard InChI is InChI=1S/C18H16Cl2N2O2/c19-12-6-4-11(5-7-12)10-21-17(23)15-9-16(15)18(24)22-14-3-1-2-13(20)8-14/h1-8,15-16H,9-10H2,(H,21,23)(H,22,24). The zero-order valence-corrected chi connectivity index (χ0v) is 14.3. The van der Waals surface area contributed by atoms with Gasteiger partial charge in [0.05, 0.1) is 11.8 Å². The molecule has 2 aromatic carbocycles. The average molecular weight is 363 g/mol. The Kier molecular flexibility index (Phi) is 5.07. The van der Waals surface area contributed by atoms with Crippen LogP contribution < -0.4 is 10.6 Å². The first-order chi connectivity index (χ1) is 11.5. The number of anilines is 1. The zero-order chi connectivity index (χ0) is 17.1. The minimum atomic E-state index is -0.283. The zero-order valence-electron chi connectivity index (χ0n) is 12.8. The summed E-state index contributed by atoms with van der Waals surface area (Å²) in [4.78, 5) is 24.3. The van der Waals surface area contributed by atoms with Gasteiger partial charge >= 0.3 is 0 Å². The quantitative estimate of drug-likeness (QED) is 0.847. The fraction of sp³-hybridized carbons (Fsp3) is 0.222. The van der Waals surface area contributed by atoms with Crippen LogP contribution in [0.2, 0.25) is 10.0 Å². The lowest BCUT2D eigenvalue weighted by atomic mass is 10.2. The molecule has 0 aromatic heterocycles. The van der Waals surface area contributed by atoms with E-state index in [4.69, 9.17) is 23.2 Å². The topological polar surface area (TPSA) is 58.2 Å². The summed E-state index contributed by atoms with van der Waals surface area (Å²) in [6.45, 7) is 0.426. The van der Waals surface area contributed by atoms with E-state index in [1.54, 1.807) is 36.4 Å². The summed E-state index contributed by atoms with van der Waals surface area (Å²) in [6, 6.07) is 14.2. The summed E-state index contributed by atoms with van der Waals surface area (Å²) in [5.74, 6) is -0.800. The molecule has 2 atom stereocenters. The second kappa shape index (κ2) is 7.24. The van der Waals surface area contributed by atoms with Crippen LogP contribution in [0.4, 0.5) is 5.69 Å². The highest BCUT2D eigenvalue weighted by Crippen LogP contribution is 2.39. The first-order valence-electron chi connectivity index (χ1n) is 7.61. The highest BCUT2D eigenvalue weighted by atomic mass is 35.5. The van der Waals surface area contributed by atoms with E-state index in [0.717, 1.165) is 5.56 Å². The third-order valence-corrected chi connectivity index (χ3v) is 4.42. The second-order valence-corrected chi connectivity index (χ2v) is 6.67. The Hall–Kier alpha value is -2.04. The molecule has 1 aliphatic carbocycles.